The van der Waals surface area contributed by atoms with Gasteiger partial charge in [-0.1, -0.05) is 72.8 Å². The van der Waals surface area contributed by atoms with Gasteiger partial charge in [0.2, 0.25) is 0 Å². The van der Waals surface area contributed by atoms with Crippen molar-refractivity contribution in [1.29, 1.82) is 0 Å². The van der Waals surface area contributed by atoms with Crippen molar-refractivity contribution in [2.24, 2.45) is 0 Å². The second kappa shape index (κ2) is 10.1. The summed E-state index contributed by atoms with van der Waals surface area (Å²) in [6.45, 7) is 4.03. The standard InChI is InChI=1S/C27H25N3.Zn/c1-3-13-25-21(9-1)17-22-10-2-4-14-26(22)27(25)20-30(18-23-11-5-7-15-28-23)19-24-12-6-8-16-29-24;/h1-14,17H,15-16,18-20H2;/q-2;+2. The van der Waals surface area contributed by atoms with Gasteiger partial charge in [0.15, 0.2) is 0 Å². The third-order valence-electron chi connectivity index (χ3n) is 5.68. The smallest absolute Gasteiger partial charge is 0.684 e. The van der Waals surface area contributed by atoms with Gasteiger partial charge in [-0.3, -0.25) is 4.90 Å². The molecule has 0 radical (unpaired) electrons. The quantitative estimate of drug-likeness (QED) is 0.310. The Morgan fingerprint density at radius 1 is 0.677 bits per heavy atom. The first kappa shape index (κ1) is 21.6. The van der Waals surface area contributed by atoms with Crippen LogP contribution < -0.4 is 0 Å². The molecule has 2 aliphatic rings. The summed E-state index contributed by atoms with van der Waals surface area (Å²) in [6.07, 6.45) is 12.7. The first-order valence-corrected chi connectivity index (χ1v) is 10.5. The molecule has 0 bridgehead atoms. The first-order valence-electron chi connectivity index (χ1n) is 10.5. The van der Waals surface area contributed by atoms with E-state index in [1.54, 1.807) is 0 Å². The normalized spacial score (nSPS) is 15.3. The van der Waals surface area contributed by atoms with Crippen LogP contribution >= 0.6 is 0 Å². The Kier molecular flexibility index (Phi) is 7.01. The summed E-state index contributed by atoms with van der Waals surface area (Å²) in [7, 11) is 0. The molecule has 0 N–H and O–H groups in total. The van der Waals surface area contributed by atoms with Gasteiger partial charge < -0.3 is 10.6 Å². The number of fused-ring (bicyclic) bond motifs is 2. The number of hydrogen-bond donors (Lipinski definition) is 0. The van der Waals surface area contributed by atoms with E-state index >= 15 is 0 Å². The van der Waals surface area contributed by atoms with E-state index in [0.29, 0.717) is 0 Å². The molecule has 0 fully saturated rings. The maximum Gasteiger partial charge on any atom is 2.00 e. The van der Waals surface area contributed by atoms with Gasteiger partial charge in [0.1, 0.15) is 0 Å². The minimum atomic E-state index is 0. The largest absolute Gasteiger partial charge is 2.00 e. The zero-order chi connectivity index (χ0) is 20.2. The molecule has 3 nitrogen and oxygen atoms in total. The predicted octanol–water partition coefficient (Wildman–Crippen LogP) is 6.45. The van der Waals surface area contributed by atoms with Gasteiger partial charge in [0.05, 0.1) is 0 Å². The first-order chi connectivity index (χ1) is 14.9. The molecule has 0 saturated heterocycles. The molecule has 0 aromatic heterocycles. The van der Waals surface area contributed by atoms with Crippen molar-refractivity contribution in [2.75, 3.05) is 26.2 Å². The van der Waals surface area contributed by atoms with Crippen LogP contribution in [0.5, 0.6) is 0 Å². The number of benzene rings is 3. The van der Waals surface area contributed by atoms with Crippen LogP contribution in [0.25, 0.3) is 32.2 Å². The number of hydrogen-bond acceptors (Lipinski definition) is 1. The summed E-state index contributed by atoms with van der Waals surface area (Å²) < 4.78 is 0. The van der Waals surface area contributed by atoms with Crippen LogP contribution in [-0.2, 0) is 26.0 Å². The second-order valence-corrected chi connectivity index (χ2v) is 7.80. The number of rotatable bonds is 6. The average molecular weight is 457 g/mol. The molecule has 0 amide bonds. The summed E-state index contributed by atoms with van der Waals surface area (Å²) in [6, 6.07) is 19.7. The van der Waals surface area contributed by atoms with Crippen molar-refractivity contribution in [1.82, 2.24) is 4.90 Å². The van der Waals surface area contributed by atoms with Crippen LogP contribution in [0.3, 0.4) is 0 Å². The minimum absolute atomic E-state index is 0. The van der Waals surface area contributed by atoms with Crippen molar-refractivity contribution in [2.45, 2.75) is 6.54 Å². The Hall–Kier alpha value is -2.68. The van der Waals surface area contributed by atoms with Crippen LogP contribution in [0, 0.1) is 0 Å². The fraction of sp³-hybridized carbons (Fsp3) is 0.185. The molecule has 2 aliphatic heterocycles. The van der Waals surface area contributed by atoms with Gasteiger partial charge in [0, 0.05) is 19.6 Å². The van der Waals surface area contributed by atoms with E-state index in [9.17, 15) is 0 Å². The van der Waals surface area contributed by atoms with E-state index in [1.165, 1.54) is 27.1 Å². The molecule has 0 atom stereocenters. The monoisotopic (exact) mass is 455 g/mol. The molecular weight excluding hydrogens is 432 g/mol. The van der Waals surface area contributed by atoms with Gasteiger partial charge >= 0.3 is 19.5 Å². The Labute approximate surface area is 197 Å². The van der Waals surface area contributed by atoms with E-state index < -0.39 is 0 Å². The van der Waals surface area contributed by atoms with Crippen molar-refractivity contribution < 1.29 is 19.5 Å². The third kappa shape index (κ3) is 4.98. The number of allylic oxidation sites excluding steroid dienone is 4. The summed E-state index contributed by atoms with van der Waals surface area (Å²) in [5.41, 5.74) is 3.64. The maximum atomic E-state index is 4.70. The second-order valence-electron chi connectivity index (χ2n) is 7.80. The Balaban J connectivity index is 0.00000231. The molecule has 0 aliphatic carbocycles. The Morgan fingerprint density at radius 3 is 1.68 bits per heavy atom. The molecule has 150 valence electrons. The Morgan fingerprint density at radius 2 is 1.19 bits per heavy atom. The molecule has 31 heavy (non-hydrogen) atoms. The van der Waals surface area contributed by atoms with Gasteiger partial charge in [-0.25, -0.2) is 0 Å². The minimum Gasteiger partial charge on any atom is -0.684 e. The van der Waals surface area contributed by atoms with E-state index in [0.717, 1.165) is 44.1 Å². The zero-order valence-electron chi connectivity index (χ0n) is 17.7. The van der Waals surface area contributed by atoms with Crippen LogP contribution in [0.4, 0.5) is 0 Å². The molecular formula is C27H25N3Zn. The van der Waals surface area contributed by atoms with Gasteiger partial charge in [0.25, 0.3) is 0 Å². The van der Waals surface area contributed by atoms with E-state index in [2.05, 4.69) is 96.0 Å². The summed E-state index contributed by atoms with van der Waals surface area (Å²) in [5.74, 6) is 0. The molecule has 2 heterocycles. The van der Waals surface area contributed by atoms with Crippen molar-refractivity contribution in [3.8, 4) is 0 Å². The SMILES string of the molecule is C1=CC[N-]C(CN(CC2=CC=CC[N-]2)Cc2c3ccccc3cc3ccccc23)=C1.[Zn+2]. The molecule has 4 heteroatoms. The molecule has 0 spiro atoms. The Bertz CT molecular complexity index is 1100. The van der Waals surface area contributed by atoms with Gasteiger partial charge in [-0.2, -0.15) is 0 Å². The molecule has 5 rings (SSSR count). The molecule has 3 aromatic carbocycles. The van der Waals surface area contributed by atoms with Crippen LogP contribution in [0.2, 0.25) is 0 Å². The fourth-order valence-electron chi connectivity index (χ4n) is 4.26. The summed E-state index contributed by atoms with van der Waals surface area (Å²) >= 11 is 0. The average Bonchev–Trinajstić information content (AvgIpc) is 2.80. The maximum absolute atomic E-state index is 4.70. The zero-order valence-corrected chi connectivity index (χ0v) is 20.7. The molecule has 0 saturated carbocycles. The third-order valence-corrected chi connectivity index (χ3v) is 5.68. The fourth-order valence-corrected chi connectivity index (χ4v) is 4.26. The van der Waals surface area contributed by atoms with Crippen molar-refractivity contribution in [3.05, 3.63) is 119 Å². The topological polar surface area (TPSA) is 31.4 Å². The molecule has 3 aromatic rings. The van der Waals surface area contributed by atoms with Crippen LogP contribution in [0.1, 0.15) is 5.56 Å². The van der Waals surface area contributed by atoms with E-state index in [4.69, 9.17) is 10.6 Å². The van der Waals surface area contributed by atoms with Crippen LogP contribution in [-0.4, -0.2) is 31.1 Å². The predicted molar refractivity (Wildman–Crippen MR) is 128 cm³/mol. The van der Waals surface area contributed by atoms with Gasteiger partial charge in [-0.05, 0) is 33.2 Å². The van der Waals surface area contributed by atoms with Crippen molar-refractivity contribution in [3.63, 3.8) is 0 Å². The number of nitrogens with zero attached hydrogens (tertiary/aromatic N) is 3. The van der Waals surface area contributed by atoms with Gasteiger partial charge in [-0.15, -0.1) is 36.6 Å². The van der Waals surface area contributed by atoms with Crippen molar-refractivity contribution >= 4 is 21.5 Å². The van der Waals surface area contributed by atoms with E-state index in [-0.39, 0.29) is 19.5 Å². The summed E-state index contributed by atoms with van der Waals surface area (Å²) in [4.78, 5) is 2.47. The van der Waals surface area contributed by atoms with E-state index in [1.807, 2.05) is 0 Å². The molecule has 0 unspecified atom stereocenters. The summed E-state index contributed by atoms with van der Waals surface area (Å²) in [5, 5.41) is 14.6. The van der Waals surface area contributed by atoms with Crippen LogP contribution in [0.15, 0.2) is 102 Å².